The number of hydrogen-bond donors (Lipinski definition) is 2. The molecule has 0 unspecified atom stereocenters. The van der Waals surface area contributed by atoms with Crippen molar-refractivity contribution in [2.24, 2.45) is 5.73 Å². The quantitative estimate of drug-likeness (QED) is 0.781. The van der Waals surface area contributed by atoms with Gasteiger partial charge in [-0.3, -0.25) is 0 Å². The summed E-state index contributed by atoms with van der Waals surface area (Å²) >= 11 is 2.89. The van der Waals surface area contributed by atoms with Crippen LogP contribution in [0.5, 0.6) is 5.75 Å². The number of rotatable bonds is 1. The van der Waals surface area contributed by atoms with Crippen LogP contribution in [0.1, 0.15) is 18.5 Å². The summed E-state index contributed by atoms with van der Waals surface area (Å²) in [6, 6.07) is 0.100. The summed E-state index contributed by atoms with van der Waals surface area (Å²) in [6.07, 6.45) is 0. The molecule has 1 atom stereocenters. The normalized spacial score (nSPS) is 12.1. The number of hydrogen-bond acceptors (Lipinski definition) is 2. The summed E-state index contributed by atoms with van der Waals surface area (Å²) in [4.78, 5) is 0. The molecule has 0 aromatic heterocycles. The molecular weight excluding hydrogens is 279 g/mol. The number of aromatic hydroxyl groups is 1. The van der Waals surface area contributed by atoms with Crippen LogP contribution in [0.3, 0.4) is 0 Å². The SMILES string of the molecule is C[C@H](N)c1c(O)c(Br)cc(F)c1F.Cl. The maximum Gasteiger partial charge on any atom is 0.167 e. The molecule has 0 radical (unpaired) electrons. The molecule has 0 aliphatic heterocycles. The van der Waals surface area contributed by atoms with Crippen LogP contribution in [0.4, 0.5) is 8.78 Å². The number of nitrogens with two attached hydrogens (primary N) is 1. The molecule has 1 aromatic rings. The van der Waals surface area contributed by atoms with Crippen LogP contribution < -0.4 is 5.73 Å². The Morgan fingerprint density at radius 2 is 2.00 bits per heavy atom. The van der Waals surface area contributed by atoms with Crippen molar-refractivity contribution in [2.75, 3.05) is 0 Å². The van der Waals surface area contributed by atoms with Crippen molar-refractivity contribution in [2.45, 2.75) is 13.0 Å². The Balaban J connectivity index is 0.00000169. The predicted molar refractivity (Wildman–Crippen MR) is 55.6 cm³/mol. The number of phenols is 1. The van der Waals surface area contributed by atoms with E-state index in [1.54, 1.807) is 0 Å². The molecule has 6 heteroatoms. The van der Waals surface area contributed by atoms with E-state index < -0.39 is 17.7 Å². The third-order valence-corrected chi connectivity index (χ3v) is 2.24. The standard InChI is InChI=1S/C8H8BrF2NO.ClH/c1-3(12)6-7(11)5(10)2-4(9)8(6)13;/h2-3,13H,12H2,1H3;1H/t3-;/m0./s1. The summed E-state index contributed by atoms with van der Waals surface area (Å²) in [6.45, 7) is 1.46. The van der Waals surface area contributed by atoms with E-state index in [0.717, 1.165) is 6.07 Å². The molecule has 0 fully saturated rings. The Kier molecular flexibility index (Phi) is 4.77. The van der Waals surface area contributed by atoms with Gasteiger partial charge in [-0.1, -0.05) is 0 Å². The second-order valence-corrected chi connectivity index (χ2v) is 3.56. The second-order valence-electron chi connectivity index (χ2n) is 2.71. The van der Waals surface area contributed by atoms with Gasteiger partial charge in [-0.05, 0) is 28.9 Å². The first kappa shape index (κ1) is 13.6. The van der Waals surface area contributed by atoms with Crippen LogP contribution in [0.25, 0.3) is 0 Å². The average molecular weight is 289 g/mol. The lowest BCUT2D eigenvalue weighted by molar-refractivity contribution is 0.431. The van der Waals surface area contributed by atoms with Gasteiger partial charge in [0.15, 0.2) is 11.6 Å². The highest BCUT2D eigenvalue weighted by Crippen LogP contribution is 2.34. The summed E-state index contributed by atoms with van der Waals surface area (Å²) in [5.41, 5.74) is 5.15. The van der Waals surface area contributed by atoms with Gasteiger partial charge in [-0.25, -0.2) is 8.78 Å². The van der Waals surface area contributed by atoms with E-state index in [2.05, 4.69) is 15.9 Å². The highest BCUT2D eigenvalue weighted by Gasteiger charge is 2.19. The van der Waals surface area contributed by atoms with Crippen molar-refractivity contribution in [3.63, 3.8) is 0 Å². The Morgan fingerprint density at radius 1 is 1.50 bits per heavy atom. The summed E-state index contributed by atoms with van der Waals surface area (Å²) in [5.74, 6) is -2.48. The Morgan fingerprint density at radius 3 is 2.43 bits per heavy atom. The minimum atomic E-state index is -1.10. The van der Waals surface area contributed by atoms with Crippen LogP contribution >= 0.6 is 28.3 Å². The lowest BCUT2D eigenvalue weighted by Crippen LogP contribution is -2.09. The zero-order valence-electron chi connectivity index (χ0n) is 7.22. The highest BCUT2D eigenvalue weighted by molar-refractivity contribution is 9.10. The van der Waals surface area contributed by atoms with Crippen LogP contribution in [0.2, 0.25) is 0 Å². The molecule has 1 aromatic carbocycles. The first-order valence-corrected chi connectivity index (χ1v) is 4.36. The smallest absolute Gasteiger partial charge is 0.167 e. The molecule has 1 rings (SSSR count). The fourth-order valence-corrected chi connectivity index (χ4v) is 1.43. The molecule has 0 heterocycles. The van der Waals surface area contributed by atoms with E-state index in [1.807, 2.05) is 0 Å². The van der Waals surface area contributed by atoms with Crippen molar-refractivity contribution in [3.05, 3.63) is 27.7 Å². The molecule has 0 saturated heterocycles. The fourth-order valence-electron chi connectivity index (χ4n) is 1.02. The fraction of sp³-hybridized carbons (Fsp3) is 0.250. The molecule has 14 heavy (non-hydrogen) atoms. The van der Waals surface area contributed by atoms with Gasteiger partial charge in [0.1, 0.15) is 5.75 Å². The Labute approximate surface area is 94.6 Å². The van der Waals surface area contributed by atoms with Crippen molar-refractivity contribution in [1.82, 2.24) is 0 Å². The van der Waals surface area contributed by atoms with E-state index in [4.69, 9.17) is 5.73 Å². The number of benzene rings is 1. The molecule has 0 bridgehead atoms. The minimum Gasteiger partial charge on any atom is -0.506 e. The van der Waals surface area contributed by atoms with Crippen molar-refractivity contribution in [3.8, 4) is 5.75 Å². The van der Waals surface area contributed by atoms with Crippen LogP contribution in [-0.2, 0) is 0 Å². The third kappa shape index (κ3) is 2.34. The van der Waals surface area contributed by atoms with Gasteiger partial charge in [-0.15, -0.1) is 12.4 Å². The van der Waals surface area contributed by atoms with Gasteiger partial charge in [0.2, 0.25) is 0 Å². The van der Waals surface area contributed by atoms with Gasteiger partial charge in [-0.2, -0.15) is 0 Å². The molecular formula is C8H9BrClF2NO. The topological polar surface area (TPSA) is 46.2 Å². The number of halogens is 4. The van der Waals surface area contributed by atoms with Gasteiger partial charge in [0.05, 0.1) is 10.0 Å². The van der Waals surface area contributed by atoms with E-state index in [9.17, 15) is 13.9 Å². The van der Waals surface area contributed by atoms with Crippen LogP contribution in [-0.4, -0.2) is 5.11 Å². The maximum atomic E-state index is 13.1. The summed E-state index contributed by atoms with van der Waals surface area (Å²) in [7, 11) is 0. The third-order valence-electron chi connectivity index (χ3n) is 1.64. The molecule has 0 aliphatic carbocycles. The summed E-state index contributed by atoms with van der Waals surface area (Å²) < 4.78 is 26.0. The lowest BCUT2D eigenvalue weighted by Gasteiger charge is -2.11. The highest BCUT2D eigenvalue weighted by atomic mass is 79.9. The first-order valence-electron chi connectivity index (χ1n) is 3.57. The molecule has 80 valence electrons. The Hall–Kier alpha value is -0.390. The molecule has 0 aliphatic rings. The van der Waals surface area contributed by atoms with Crippen molar-refractivity contribution < 1.29 is 13.9 Å². The average Bonchev–Trinajstić information content (AvgIpc) is 2.01. The zero-order valence-corrected chi connectivity index (χ0v) is 9.62. The second kappa shape index (κ2) is 4.91. The minimum absolute atomic E-state index is 0. The molecule has 2 nitrogen and oxygen atoms in total. The molecule has 0 spiro atoms. The predicted octanol–water partition coefficient (Wildman–Crippen LogP) is 2.87. The van der Waals surface area contributed by atoms with Crippen LogP contribution in [0.15, 0.2) is 10.5 Å². The van der Waals surface area contributed by atoms with Gasteiger partial charge >= 0.3 is 0 Å². The molecule has 0 amide bonds. The van der Waals surface area contributed by atoms with E-state index >= 15 is 0 Å². The van der Waals surface area contributed by atoms with E-state index in [-0.39, 0.29) is 28.2 Å². The monoisotopic (exact) mass is 287 g/mol. The van der Waals surface area contributed by atoms with Gasteiger partial charge < -0.3 is 10.8 Å². The first-order chi connectivity index (χ1) is 5.95. The van der Waals surface area contributed by atoms with E-state index in [1.165, 1.54) is 6.92 Å². The van der Waals surface area contributed by atoms with Crippen molar-refractivity contribution in [1.29, 1.82) is 0 Å². The molecule has 3 N–H and O–H groups in total. The van der Waals surface area contributed by atoms with Gasteiger partial charge in [0.25, 0.3) is 0 Å². The lowest BCUT2D eigenvalue weighted by atomic mass is 10.1. The van der Waals surface area contributed by atoms with Crippen LogP contribution in [0, 0.1) is 11.6 Å². The maximum absolute atomic E-state index is 13.1. The zero-order chi connectivity index (χ0) is 10.2. The molecule has 0 saturated carbocycles. The van der Waals surface area contributed by atoms with Crippen molar-refractivity contribution >= 4 is 28.3 Å². The largest absolute Gasteiger partial charge is 0.506 e. The number of phenolic OH excluding ortho intramolecular Hbond substituents is 1. The Bertz CT molecular complexity index is 320. The summed E-state index contributed by atoms with van der Waals surface area (Å²) in [5, 5.41) is 9.34. The van der Waals surface area contributed by atoms with Gasteiger partial charge in [0, 0.05) is 6.04 Å². The van der Waals surface area contributed by atoms with E-state index in [0.29, 0.717) is 0 Å².